The van der Waals surface area contributed by atoms with E-state index >= 15 is 0 Å². The largest absolute Gasteiger partial charge is 0.448 e. The van der Waals surface area contributed by atoms with Gasteiger partial charge in [0.25, 0.3) is 5.91 Å². The van der Waals surface area contributed by atoms with E-state index < -0.39 is 18.0 Å². The summed E-state index contributed by atoms with van der Waals surface area (Å²) >= 11 is 1.41. The third-order valence-corrected chi connectivity index (χ3v) is 4.58. The number of para-hydroxylation sites is 1. The summed E-state index contributed by atoms with van der Waals surface area (Å²) in [5.41, 5.74) is 1.03. The molecule has 28 heavy (non-hydrogen) atoms. The maximum atomic E-state index is 12.8. The highest BCUT2D eigenvalue weighted by atomic mass is 32.2. The number of aryl methyl sites for hydroxylation is 1. The van der Waals surface area contributed by atoms with Gasteiger partial charge in [0, 0.05) is 11.8 Å². The number of thioether (sulfide) groups is 1. The number of nitrogens with one attached hydrogen (secondary N) is 1. The summed E-state index contributed by atoms with van der Waals surface area (Å²) in [6.07, 6.45) is 2.66. The molecule has 0 aliphatic rings. The van der Waals surface area contributed by atoms with E-state index in [-0.39, 0.29) is 11.5 Å². The lowest BCUT2D eigenvalue weighted by Gasteiger charge is -2.16. The average molecular weight is 400 g/mol. The molecule has 8 nitrogen and oxygen atoms in total. The van der Waals surface area contributed by atoms with Crippen molar-refractivity contribution in [1.82, 2.24) is 14.7 Å². The van der Waals surface area contributed by atoms with Gasteiger partial charge in [0.1, 0.15) is 5.76 Å². The first-order valence-corrected chi connectivity index (χ1v) is 9.88. The van der Waals surface area contributed by atoms with Gasteiger partial charge in [-0.05, 0) is 31.7 Å². The Morgan fingerprint density at radius 1 is 1.32 bits per heavy atom. The molecule has 2 aromatic heterocycles. The summed E-state index contributed by atoms with van der Waals surface area (Å²) in [7, 11) is 0. The van der Waals surface area contributed by atoms with Crippen molar-refractivity contribution < 1.29 is 18.8 Å². The number of hydrogen-bond acceptors (Lipinski definition) is 7. The van der Waals surface area contributed by atoms with Crippen molar-refractivity contribution in [3.63, 3.8) is 0 Å². The molecule has 3 rings (SSSR count). The molecule has 0 radical (unpaired) electrons. The molecule has 146 valence electrons. The first-order valence-electron chi connectivity index (χ1n) is 8.65. The molecular weight excluding hydrogens is 380 g/mol. The molecule has 2 heterocycles. The standard InChI is InChI=1S/C19H20N4O4S/c1-4-15(17(24)21-16-10-12(2)27-22-16)26-18(25)14-11-20-19(28-3)23(14)13-8-6-5-7-9-13/h5-11,15H,4H2,1-3H3,(H,21,22,24)/t15-/m1/s1. The maximum absolute atomic E-state index is 12.8. The van der Waals surface area contributed by atoms with Gasteiger partial charge in [-0.25, -0.2) is 9.78 Å². The maximum Gasteiger partial charge on any atom is 0.357 e. The fourth-order valence-corrected chi connectivity index (χ4v) is 3.14. The van der Waals surface area contributed by atoms with Gasteiger partial charge in [-0.15, -0.1) is 0 Å². The van der Waals surface area contributed by atoms with Crippen LogP contribution in [0.15, 0.2) is 52.3 Å². The third kappa shape index (κ3) is 4.25. The van der Waals surface area contributed by atoms with E-state index in [0.717, 1.165) is 5.69 Å². The van der Waals surface area contributed by atoms with Crippen LogP contribution in [0.5, 0.6) is 0 Å². The molecular formula is C19H20N4O4S. The summed E-state index contributed by atoms with van der Waals surface area (Å²) < 4.78 is 12.1. The molecule has 1 aromatic carbocycles. The molecule has 0 spiro atoms. The Bertz CT molecular complexity index is 967. The molecule has 3 aromatic rings. The van der Waals surface area contributed by atoms with Crippen molar-refractivity contribution in [2.24, 2.45) is 0 Å². The number of esters is 1. The van der Waals surface area contributed by atoms with Crippen LogP contribution < -0.4 is 5.32 Å². The number of imidazole rings is 1. The highest BCUT2D eigenvalue weighted by Gasteiger charge is 2.26. The van der Waals surface area contributed by atoms with Crippen LogP contribution in [-0.4, -0.2) is 38.9 Å². The third-order valence-electron chi connectivity index (χ3n) is 3.93. The number of hydrogen-bond donors (Lipinski definition) is 1. The topological polar surface area (TPSA) is 99.2 Å². The molecule has 0 saturated carbocycles. The van der Waals surface area contributed by atoms with Crippen molar-refractivity contribution in [3.8, 4) is 5.69 Å². The smallest absolute Gasteiger partial charge is 0.357 e. The van der Waals surface area contributed by atoms with Crippen molar-refractivity contribution >= 4 is 29.5 Å². The highest BCUT2D eigenvalue weighted by molar-refractivity contribution is 7.98. The Balaban J connectivity index is 1.80. The van der Waals surface area contributed by atoms with E-state index in [1.807, 2.05) is 36.6 Å². The zero-order chi connectivity index (χ0) is 20.1. The normalized spacial score (nSPS) is 11.8. The molecule has 1 N–H and O–H groups in total. The van der Waals surface area contributed by atoms with E-state index in [2.05, 4.69) is 15.5 Å². The predicted molar refractivity (Wildman–Crippen MR) is 105 cm³/mol. The van der Waals surface area contributed by atoms with Crippen LogP contribution in [0.25, 0.3) is 5.69 Å². The molecule has 0 unspecified atom stereocenters. The molecule has 0 aliphatic heterocycles. The molecule has 0 aliphatic carbocycles. The predicted octanol–water partition coefficient (Wildman–Crippen LogP) is 3.46. The molecule has 0 bridgehead atoms. The number of benzene rings is 1. The molecule has 9 heteroatoms. The Hall–Kier alpha value is -3.07. The van der Waals surface area contributed by atoms with Gasteiger partial charge >= 0.3 is 5.97 Å². The summed E-state index contributed by atoms with van der Waals surface area (Å²) in [6, 6.07) is 11.0. The second-order valence-electron chi connectivity index (χ2n) is 5.92. The van der Waals surface area contributed by atoms with Crippen LogP contribution >= 0.6 is 11.8 Å². The second-order valence-corrected chi connectivity index (χ2v) is 6.69. The zero-order valence-corrected chi connectivity index (χ0v) is 16.5. The minimum Gasteiger partial charge on any atom is -0.448 e. The second kappa shape index (κ2) is 8.75. The van der Waals surface area contributed by atoms with E-state index in [4.69, 9.17) is 9.26 Å². The number of amides is 1. The monoisotopic (exact) mass is 400 g/mol. The fourth-order valence-electron chi connectivity index (χ4n) is 2.59. The van der Waals surface area contributed by atoms with Gasteiger partial charge in [-0.3, -0.25) is 9.36 Å². The molecule has 0 fully saturated rings. The van der Waals surface area contributed by atoms with Crippen LogP contribution in [0.3, 0.4) is 0 Å². The number of carbonyl (C=O) groups is 2. The summed E-state index contributed by atoms with van der Waals surface area (Å²) in [5.74, 6) is -0.261. The lowest BCUT2D eigenvalue weighted by Crippen LogP contribution is -2.32. The Labute approximate surface area is 166 Å². The fraction of sp³-hybridized carbons (Fsp3) is 0.263. The van der Waals surface area contributed by atoms with Crippen LogP contribution in [0.2, 0.25) is 0 Å². The van der Waals surface area contributed by atoms with E-state index in [1.165, 1.54) is 18.0 Å². The Morgan fingerprint density at radius 2 is 2.07 bits per heavy atom. The van der Waals surface area contributed by atoms with Gasteiger partial charge in [0.2, 0.25) is 0 Å². The number of anilines is 1. The van der Waals surface area contributed by atoms with E-state index in [9.17, 15) is 9.59 Å². The molecule has 1 atom stereocenters. The van der Waals surface area contributed by atoms with Crippen molar-refractivity contribution in [2.45, 2.75) is 31.5 Å². The van der Waals surface area contributed by atoms with Gasteiger partial charge in [0.15, 0.2) is 22.8 Å². The number of ether oxygens (including phenoxy) is 1. The van der Waals surface area contributed by atoms with E-state index in [1.54, 1.807) is 24.5 Å². The van der Waals surface area contributed by atoms with Crippen molar-refractivity contribution in [3.05, 3.63) is 54.0 Å². The minimum atomic E-state index is -0.971. The Kier molecular flexibility index (Phi) is 6.15. The average Bonchev–Trinajstić information content (AvgIpc) is 3.32. The summed E-state index contributed by atoms with van der Waals surface area (Å²) in [4.78, 5) is 29.5. The van der Waals surface area contributed by atoms with Gasteiger partial charge in [-0.1, -0.05) is 42.0 Å². The lowest BCUT2D eigenvalue weighted by atomic mass is 10.2. The van der Waals surface area contributed by atoms with Gasteiger partial charge < -0.3 is 14.6 Å². The molecule has 1 amide bonds. The van der Waals surface area contributed by atoms with Crippen LogP contribution in [0.4, 0.5) is 5.82 Å². The highest BCUT2D eigenvalue weighted by Crippen LogP contribution is 2.22. The first-order chi connectivity index (χ1) is 13.5. The van der Waals surface area contributed by atoms with Gasteiger partial charge in [0.05, 0.1) is 6.20 Å². The minimum absolute atomic E-state index is 0.249. The Morgan fingerprint density at radius 3 is 2.68 bits per heavy atom. The lowest BCUT2D eigenvalue weighted by molar-refractivity contribution is -0.124. The quantitative estimate of drug-likeness (QED) is 0.479. The van der Waals surface area contributed by atoms with Crippen LogP contribution in [0, 0.1) is 6.92 Å². The van der Waals surface area contributed by atoms with Crippen molar-refractivity contribution in [2.75, 3.05) is 11.6 Å². The van der Waals surface area contributed by atoms with E-state index in [0.29, 0.717) is 17.3 Å². The van der Waals surface area contributed by atoms with Crippen LogP contribution in [-0.2, 0) is 9.53 Å². The number of aromatic nitrogens is 3. The number of rotatable bonds is 7. The summed E-state index contributed by atoms with van der Waals surface area (Å²) in [6.45, 7) is 3.47. The van der Waals surface area contributed by atoms with Crippen molar-refractivity contribution in [1.29, 1.82) is 0 Å². The zero-order valence-electron chi connectivity index (χ0n) is 15.7. The summed E-state index contributed by atoms with van der Waals surface area (Å²) in [5, 5.41) is 6.95. The van der Waals surface area contributed by atoms with Crippen LogP contribution in [0.1, 0.15) is 29.6 Å². The number of nitrogens with zero attached hydrogens (tertiary/aromatic N) is 3. The SMILES string of the molecule is CC[C@@H](OC(=O)c1cnc(SC)n1-c1ccccc1)C(=O)Nc1cc(C)on1. The number of carbonyl (C=O) groups excluding carboxylic acids is 2. The first kappa shape index (κ1) is 19.7. The molecule has 0 saturated heterocycles. The van der Waals surface area contributed by atoms with Gasteiger partial charge in [-0.2, -0.15) is 0 Å².